The number of halogens is 1. The van der Waals surface area contributed by atoms with Crippen LogP contribution in [0.1, 0.15) is 0 Å². The first-order valence-electron chi connectivity index (χ1n) is 7.38. The highest BCUT2D eigenvalue weighted by atomic mass is 35.5. The van der Waals surface area contributed by atoms with E-state index in [1.165, 1.54) is 0 Å². The highest BCUT2D eigenvalue weighted by Crippen LogP contribution is 2.24. The number of nitrogens with zero attached hydrogens (tertiary/aromatic N) is 3. The van der Waals surface area contributed by atoms with Crippen molar-refractivity contribution < 1.29 is 9.90 Å². The minimum absolute atomic E-state index is 0.216. The zero-order chi connectivity index (χ0) is 17.6. The van der Waals surface area contributed by atoms with Gasteiger partial charge in [-0.3, -0.25) is 9.78 Å². The van der Waals surface area contributed by atoms with Gasteiger partial charge in [-0.2, -0.15) is 4.98 Å². The van der Waals surface area contributed by atoms with Crippen LogP contribution in [0, 0.1) is 0 Å². The second-order valence-electron chi connectivity index (χ2n) is 5.08. The lowest BCUT2D eigenvalue weighted by atomic mass is 10.2. The third-order valence-electron chi connectivity index (χ3n) is 3.22. The van der Waals surface area contributed by atoms with E-state index >= 15 is 0 Å². The van der Waals surface area contributed by atoms with Gasteiger partial charge in [0.2, 0.25) is 5.95 Å². The Morgan fingerprint density at radius 2 is 1.80 bits per heavy atom. The van der Waals surface area contributed by atoms with Crippen LogP contribution in [0.25, 0.3) is 11.3 Å². The van der Waals surface area contributed by atoms with Crippen molar-refractivity contribution in [1.29, 1.82) is 0 Å². The zero-order valence-electron chi connectivity index (χ0n) is 13.0. The number of benzene rings is 1. The molecule has 126 valence electrons. The number of hydrogen-bond acceptors (Lipinski definition) is 6. The first-order chi connectivity index (χ1) is 12.1. The van der Waals surface area contributed by atoms with Gasteiger partial charge in [-0.05, 0) is 36.4 Å². The number of anilines is 3. The van der Waals surface area contributed by atoms with Crippen LogP contribution < -0.4 is 10.6 Å². The molecule has 0 aliphatic rings. The standard InChI is InChI=1S/C17H14ClN5O2/c18-12-1-3-13(4-2-12)21-15-9-14(11-5-7-19-8-6-11)22-17(23-15)20-10-16(24)25/h1-9H,10H2,(H,24,25)(H2,20,21,22,23). The smallest absolute Gasteiger partial charge is 0.322 e. The molecule has 25 heavy (non-hydrogen) atoms. The summed E-state index contributed by atoms with van der Waals surface area (Å²) < 4.78 is 0. The molecule has 0 amide bonds. The highest BCUT2D eigenvalue weighted by Gasteiger charge is 2.08. The fourth-order valence-electron chi connectivity index (χ4n) is 2.10. The maximum absolute atomic E-state index is 10.8. The summed E-state index contributed by atoms with van der Waals surface area (Å²) in [6.45, 7) is -0.278. The van der Waals surface area contributed by atoms with E-state index in [0.717, 1.165) is 11.3 Å². The maximum Gasteiger partial charge on any atom is 0.322 e. The van der Waals surface area contributed by atoms with Gasteiger partial charge in [0.25, 0.3) is 0 Å². The molecule has 0 aliphatic heterocycles. The van der Waals surface area contributed by atoms with E-state index in [1.807, 2.05) is 24.3 Å². The summed E-state index contributed by atoms with van der Waals surface area (Å²) >= 11 is 5.89. The van der Waals surface area contributed by atoms with Crippen LogP contribution in [0.3, 0.4) is 0 Å². The van der Waals surface area contributed by atoms with Gasteiger partial charge >= 0.3 is 5.97 Å². The molecule has 0 unspecified atom stereocenters. The summed E-state index contributed by atoms with van der Waals surface area (Å²) in [7, 11) is 0. The predicted octanol–water partition coefficient (Wildman–Crippen LogP) is 3.43. The van der Waals surface area contributed by atoms with Crippen molar-refractivity contribution in [2.45, 2.75) is 0 Å². The number of carboxylic acids is 1. The summed E-state index contributed by atoms with van der Waals surface area (Å²) in [5.41, 5.74) is 2.28. The maximum atomic E-state index is 10.8. The zero-order valence-corrected chi connectivity index (χ0v) is 13.7. The van der Waals surface area contributed by atoms with E-state index in [0.29, 0.717) is 16.5 Å². The molecular weight excluding hydrogens is 342 g/mol. The minimum Gasteiger partial charge on any atom is -0.480 e. The normalized spacial score (nSPS) is 10.3. The lowest BCUT2D eigenvalue weighted by molar-refractivity contribution is -0.134. The molecule has 8 heteroatoms. The van der Waals surface area contributed by atoms with Crippen LogP contribution in [-0.2, 0) is 4.79 Å². The number of pyridine rings is 1. The molecule has 0 spiro atoms. The first kappa shape index (κ1) is 16.7. The Kier molecular flexibility index (Phi) is 5.06. The van der Waals surface area contributed by atoms with Gasteiger partial charge < -0.3 is 15.7 Å². The Morgan fingerprint density at radius 3 is 2.48 bits per heavy atom. The van der Waals surface area contributed by atoms with Crippen LogP contribution in [0.15, 0.2) is 54.9 Å². The van der Waals surface area contributed by atoms with Crippen molar-refractivity contribution in [1.82, 2.24) is 15.0 Å². The molecule has 0 saturated heterocycles. The minimum atomic E-state index is -0.995. The highest BCUT2D eigenvalue weighted by molar-refractivity contribution is 6.30. The predicted molar refractivity (Wildman–Crippen MR) is 96.1 cm³/mol. The van der Waals surface area contributed by atoms with Gasteiger partial charge in [0.1, 0.15) is 12.4 Å². The molecule has 0 atom stereocenters. The van der Waals surface area contributed by atoms with Crippen LogP contribution in [0.5, 0.6) is 0 Å². The van der Waals surface area contributed by atoms with Crippen molar-refractivity contribution in [2.75, 3.05) is 17.2 Å². The number of rotatable bonds is 6. The summed E-state index contributed by atoms with van der Waals surface area (Å²) in [5, 5.41) is 15.3. The number of hydrogen-bond donors (Lipinski definition) is 3. The summed E-state index contributed by atoms with van der Waals surface area (Å²) in [6.07, 6.45) is 3.32. The number of aliphatic carboxylic acids is 1. The molecule has 3 rings (SSSR count). The van der Waals surface area contributed by atoms with Crippen LogP contribution >= 0.6 is 11.6 Å². The molecule has 0 fully saturated rings. The molecule has 7 nitrogen and oxygen atoms in total. The second kappa shape index (κ2) is 7.59. The van der Waals surface area contributed by atoms with E-state index in [-0.39, 0.29) is 12.5 Å². The fourth-order valence-corrected chi connectivity index (χ4v) is 2.22. The molecule has 0 aliphatic carbocycles. The first-order valence-corrected chi connectivity index (χ1v) is 7.76. The molecule has 0 bridgehead atoms. The third-order valence-corrected chi connectivity index (χ3v) is 3.47. The number of aromatic nitrogens is 3. The van der Waals surface area contributed by atoms with Gasteiger partial charge in [0, 0.05) is 34.7 Å². The van der Waals surface area contributed by atoms with Crippen molar-refractivity contribution in [3.63, 3.8) is 0 Å². The third kappa shape index (κ3) is 4.65. The van der Waals surface area contributed by atoms with Crippen molar-refractivity contribution in [3.8, 4) is 11.3 Å². The Balaban J connectivity index is 1.93. The molecular formula is C17H14ClN5O2. The van der Waals surface area contributed by atoms with E-state index in [2.05, 4.69) is 25.6 Å². The van der Waals surface area contributed by atoms with Crippen LogP contribution in [0.4, 0.5) is 17.5 Å². The Morgan fingerprint density at radius 1 is 1.08 bits per heavy atom. The SMILES string of the molecule is O=C(O)CNc1nc(Nc2ccc(Cl)cc2)cc(-c2ccncc2)n1. The quantitative estimate of drug-likeness (QED) is 0.622. The number of carbonyl (C=O) groups is 1. The van der Waals surface area contributed by atoms with Crippen LogP contribution in [-0.4, -0.2) is 32.6 Å². The fraction of sp³-hybridized carbons (Fsp3) is 0.0588. The van der Waals surface area contributed by atoms with Gasteiger partial charge in [-0.25, -0.2) is 4.98 Å². The molecule has 2 heterocycles. The molecule has 3 aromatic rings. The topological polar surface area (TPSA) is 100 Å². The van der Waals surface area contributed by atoms with E-state index in [1.54, 1.807) is 30.6 Å². The number of carboxylic acid groups (broad SMARTS) is 1. The second-order valence-corrected chi connectivity index (χ2v) is 5.51. The average Bonchev–Trinajstić information content (AvgIpc) is 2.62. The molecule has 0 radical (unpaired) electrons. The van der Waals surface area contributed by atoms with Gasteiger partial charge in [0.05, 0.1) is 5.69 Å². The number of nitrogens with one attached hydrogen (secondary N) is 2. The Hall–Kier alpha value is -3.19. The van der Waals surface area contributed by atoms with Crippen LogP contribution in [0.2, 0.25) is 5.02 Å². The van der Waals surface area contributed by atoms with E-state index in [4.69, 9.17) is 16.7 Å². The molecule has 1 aromatic carbocycles. The van der Waals surface area contributed by atoms with Crippen molar-refractivity contribution in [2.24, 2.45) is 0 Å². The Labute approximate surface area is 148 Å². The lowest BCUT2D eigenvalue weighted by Gasteiger charge is -2.11. The largest absolute Gasteiger partial charge is 0.480 e. The average molecular weight is 356 g/mol. The summed E-state index contributed by atoms with van der Waals surface area (Å²) in [5.74, 6) is -0.254. The lowest BCUT2D eigenvalue weighted by Crippen LogP contribution is -2.15. The van der Waals surface area contributed by atoms with Crippen molar-refractivity contribution >= 4 is 35.0 Å². The van der Waals surface area contributed by atoms with E-state index in [9.17, 15) is 4.79 Å². The molecule has 0 saturated carbocycles. The van der Waals surface area contributed by atoms with Gasteiger partial charge in [-0.1, -0.05) is 11.6 Å². The van der Waals surface area contributed by atoms with E-state index < -0.39 is 5.97 Å². The van der Waals surface area contributed by atoms with Gasteiger partial charge in [0.15, 0.2) is 0 Å². The van der Waals surface area contributed by atoms with Gasteiger partial charge in [-0.15, -0.1) is 0 Å². The monoisotopic (exact) mass is 355 g/mol. The molecule has 2 aromatic heterocycles. The molecule has 3 N–H and O–H groups in total. The summed E-state index contributed by atoms with van der Waals surface area (Å²) in [6, 6.07) is 12.6. The van der Waals surface area contributed by atoms with Crippen molar-refractivity contribution in [3.05, 3.63) is 59.9 Å². The Bertz CT molecular complexity index is 872. The summed E-state index contributed by atoms with van der Waals surface area (Å²) in [4.78, 5) is 23.4.